The Morgan fingerprint density at radius 2 is 1.57 bits per heavy atom. The van der Waals surface area contributed by atoms with Gasteiger partial charge in [-0.05, 0) is 71.1 Å². The predicted octanol–water partition coefficient (Wildman–Crippen LogP) is 6.29. The molecule has 2 aliphatic rings. The predicted molar refractivity (Wildman–Crippen MR) is 92.4 cm³/mol. The molecule has 0 amide bonds. The molecule has 0 N–H and O–H groups in total. The highest BCUT2D eigenvalue weighted by atomic mass is 35.5. The summed E-state index contributed by atoms with van der Waals surface area (Å²) in [6.07, 6.45) is 6.15. The van der Waals surface area contributed by atoms with Gasteiger partial charge in [0.1, 0.15) is 0 Å². The molecule has 2 atom stereocenters. The van der Waals surface area contributed by atoms with Crippen molar-refractivity contribution < 1.29 is 0 Å². The maximum Gasteiger partial charge on any atom is 0.0590 e. The van der Waals surface area contributed by atoms with Crippen LogP contribution in [0, 0.1) is 5.92 Å². The zero-order valence-corrected chi connectivity index (χ0v) is 15.0. The average Bonchev–Trinajstić information content (AvgIpc) is 2.54. The fraction of sp³-hybridized carbons (Fsp3) is 0.700. The number of hydrogen-bond donors (Lipinski definition) is 0. The summed E-state index contributed by atoms with van der Waals surface area (Å²) < 4.78 is 0. The van der Waals surface area contributed by atoms with Gasteiger partial charge in [0.05, 0.1) is 5.38 Å². The van der Waals surface area contributed by atoms with Crippen LogP contribution in [0.2, 0.25) is 0 Å². The fourth-order valence-corrected chi connectivity index (χ4v) is 4.69. The van der Waals surface area contributed by atoms with Gasteiger partial charge in [0.15, 0.2) is 0 Å². The minimum absolute atomic E-state index is 0.198. The van der Waals surface area contributed by atoms with Crippen molar-refractivity contribution >= 4 is 11.6 Å². The summed E-state index contributed by atoms with van der Waals surface area (Å²) in [5.74, 6) is 0.734. The molecule has 0 aromatic heterocycles. The highest BCUT2D eigenvalue weighted by molar-refractivity contribution is 6.21. The average molecular weight is 305 g/mol. The second-order valence-electron chi connectivity index (χ2n) is 8.71. The number of fused-ring (bicyclic) bond motifs is 2. The van der Waals surface area contributed by atoms with Crippen LogP contribution < -0.4 is 0 Å². The lowest BCUT2D eigenvalue weighted by molar-refractivity contribution is 0.331. The van der Waals surface area contributed by atoms with E-state index in [-0.39, 0.29) is 10.8 Å². The lowest BCUT2D eigenvalue weighted by Crippen LogP contribution is -2.34. The molecular weight excluding hydrogens is 276 g/mol. The minimum Gasteiger partial charge on any atom is -0.118 e. The Balaban J connectivity index is 2.18. The summed E-state index contributed by atoms with van der Waals surface area (Å²) in [6.45, 7) is 12.0. The van der Waals surface area contributed by atoms with E-state index in [2.05, 4.69) is 46.8 Å². The molecule has 1 aromatic rings. The maximum atomic E-state index is 6.75. The van der Waals surface area contributed by atoms with Crippen LogP contribution >= 0.6 is 11.6 Å². The summed E-state index contributed by atoms with van der Waals surface area (Å²) >= 11 is 6.75. The van der Waals surface area contributed by atoms with Crippen LogP contribution in [0.5, 0.6) is 0 Å². The molecule has 116 valence electrons. The molecule has 2 aliphatic carbocycles. The van der Waals surface area contributed by atoms with Gasteiger partial charge in [-0.1, -0.05) is 46.8 Å². The third-order valence-corrected chi connectivity index (χ3v) is 6.38. The van der Waals surface area contributed by atoms with Gasteiger partial charge < -0.3 is 0 Å². The first-order valence-corrected chi connectivity index (χ1v) is 8.96. The molecule has 0 saturated carbocycles. The van der Waals surface area contributed by atoms with Crippen molar-refractivity contribution in [3.8, 4) is 0 Å². The molecular formula is C20H29Cl. The summed E-state index contributed by atoms with van der Waals surface area (Å²) in [5, 5.41) is 0.198. The Bertz CT molecular complexity index is 553. The quantitative estimate of drug-likeness (QED) is 0.390. The van der Waals surface area contributed by atoms with Crippen LogP contribution in [0.4, 0.5) is 0 Å². The van der Waals surface area contributed by atoms with Crippen molar-refractivity contribution in [2.24, 2.45) is 5.92 Å². The van der Waals surface area contributed by atoms with Gasteiger partial charge in [0, 0.05) is 0 Å². The van der Waals surface area contributed by atoms with Gasteiger partial charge in [-0.3, -0.25) is 0 Å². The van der Waals surface area contributed by atoms with Gasteiger partial charge in [-0.15, -0.1) is 11.6 Å². The molecule has 0 spiro atoms. The molecule has 1 aromatic carbocycles. The topological polar surface area (TPSA) is 0 Å². The van der Waals surface area contributed by atoms with Gasteiger partial charge in [-0.2, -0.15) is 0 Å². The number of benzene rings is 1. The Morgan fingerprint density at radius 1 is 1.00 bits per heavy atom. The number of rotatable bonds is 0. The zero-order chi connectivity index (χ0) is 15.4. The Morgan fingerprint density at radius 3 is 2.19 bits per heavy atom. The van der Waals surface area contributed by atoms with E-state index in [0.717, 1.165) is 12.3 Å². The van der Waals surface area contributed by atoms with Crippen LogP contribution in [-0.4, -0.2) is 0 Å². The monoisotopic (exact) mass is 304 g/mol. The lowest BCUT2D eigenvalue weighted by atomic mass is 9.62. The Hall–Kier alpha value is -0.490. The van der Waals surface area contributed by atoms with E-state index in [9.17, 15) is 0 Å². The zero-order valence-electron chi connectivity index (χ0n) is 14.2. The molecule has 0 fully saturated rings. The third kappa shape index (κ3) is 2.65. The minimum atomic E-state index is 0.198. The van der Waals surface area contributed by atoms with E-state index in [1.54, 1.807) is 11.1 Å². The van der Waals surface area contributed by atoms with Crippen LogP contribution in [0.1, 0.15) is 87.9 Å². The maximum absolute atomic E-state index is 6.75. The molecule has 1 heteroatoms. The fourth-order valence-electron chi connectivity index (χ4n) is 4.18. The largest absolute Gasteiger partial charge is 0.118 e. The van der Waals surface area contributed by atoms with Crippen molar-refractivity contribution in [1.29, 1.82) is 0 Å². The SMILES string of the molecule is CC1CCc2cc3c(cc2C(Cl)C1)C(C)(C)CCC3(C)C. The smallest absolute Gasteiger partial charge is 0.0590 e. The summed E-state index contributed by atoms with van der Waals surface area (Å²) in [4.78, 5) is 0. The first-order chi connectivity index (χ1) is 9.71. The normalized spacial score (nSPS) is 30.2. The molecule has 0 saturated heterocycles. The summed E-state index contributed by atoms with van der Waals surface area (Å²) in [5.41, 5.74) is 6.66. The van der Waals surface area contributed by atoms with E-state index in [4.69, 9.17) is 11.6 Å². The van der Waals surface area contributed by atoms with Crippen molar-refractivity contribution in [2.45, 2.75) is 82.9 Å². The van der Waals surface area contributed by atoms with Crippen molar-refractivity contribution in [3.05, 3.63) is 34.4 Å². The molecule has 2 unspecified atom stereocenters. The van der Waals surface area contributed by atoms with E-state index >= 15 is 0 Å². The second kappa shape index (κ2) is 5.01. The van der Waals surface area contributed by atoms with Gasteiger partial charge in [0.25, 0.3) is 0 Å². The molecule has 3 rings (SSSR count). The number of halogens is 1. The molecule has 0 radical (unpaired) electrons. The Labute approximate surface area is 135 Å². The van der Waals surface area contributed by atoms with Crippen molar-refractivity contribution in [3.63, 3.8) is 0 Å². The molecule has 0 nitrogen and oxygen atoms in total. The molecule has 21 heavy (non-hydrogen) atoms. The van der Waals surface area contributed by atoms with E-state index in [1.807, 2.05) is 0 Å². The van der Waals surface area contributed by atoms with Crippen molar-refractivity contribution in [2.75, 3.05) is 0 Å². The van der Waals surface area contributed by atoms with Crippen LogP contribution in [-0.2, 0) is 17.3 Å². The highest BCUT2D eigenvalue weighted by Gasteiger charge is 2.38. The van der Waals surface area contributed by atoms with Gasteiger partial charge in [-0.25, -0.2) is 0 Å². The van der Waals surface area contributed by atoms with Gasteiger partial charge in [0.2, 0.25) is 0 Å². The first-order valence-electron chi connectivity index (χ1n) is 8.52. The number of hydrogen-bond acceptors (Lipinski definition) is 0. The van der Waals surface area contributed by atoms with E-state index in [0.29, 0.717) is 5.41 Å². The highest BCUT2D eigenvalue weighted by Crippen LogP contribution is 2.48. The van der Waals surface area contributed by atoms with Crippen molar-refractivity contribution in [1.82, 2.24) is 0 Å². The van der Waals surface area contributed by atoms with Crippen LogP contribution in [0.25, 0.3) is 0 Å². The molecule has 0 aliphatic heterocycles. The molecule has 0 heterocycles. The van der Waals surface area contributed by atoms with E-state index < -0.39 is 0 Å². The third-order valence-electron chi connectivity index (χ3n) is 5.97. The standard InChI is InChI=1S/C20H29Cl/c1-13-6-7-14-11-16-17(12-15(14)18(21)10-13)20(4,5)9-8-19(16,2)3/h11-13,18H,6-10H2,1-5H3. The lowest BCUT2D eigenvalue weighted by Gasteiger charge is -2.42. The van der Waals surface area contributed by atoms with Crippen LogP contribution in [0.3, 0.4) is 0 Å². The number of alkyl halides is 1. The second-order valence-corrected chi connectivity index (χ2v) is 9.24. The van der Waals surface area contributed by atoms with E-state index in [1.165, 1.54) is 36.8 Å². The summed E-state index contributed by atoms with van der Waals surface area (Å²) in [6, 6.07) is 4.99. The summed E-state index contributed by atoms with van der Waals surface area (Å²) in [7, 11) is 0. The van der Waals surface area contributed by atoms with Gasteiger partial charge >= 0.3 is 0 Å². The Kier molecular flexibility index (Phi) is 3.68. The first kappa shape index (κ1) is 15.4. The number of aryl methyl sites for hydroxylation is 1. The molecule has 0 bridgehead atoms. The van der Waals surface area contributed by atoms with Crippen LogP contribution in [0.15, 0.2) is 12.1 Å².